The molecule has 0 saturated heterocycles. The maximum atomic E-state index is 12.8. The standard InChI is InChI=1S/C21H23ClN4O3/c1-4-9-29-19-17(22)11-15(12-18(19)28-5-2)21(27)24-16-8-6-7-14(10-16)20-23-13(3)25-26-20/h6-8,10-12H,4-5,9H2,1-3H3,(H,24,27)(H,23,25,26). The van der Waals surface area contributed by atoms with Crippen molar-refractivity contribution >= 4 is 23.2 Å². The van der Waals surface area contributed by atoms with Crippen LogP contribution < -0.4 is 14.8 Å². The zero-order chi connectivity index (χ0) is 20.8. The summed E-state index contributed by atoms with van der Waals surface area (Å²) in [6.07, 6.45) is 0.838. The molecule has 152 valence electrons. The monoisotopic (exact) mass is 414 g/mol. The molecule has 1 aromatic heterocycles. The number of amides is 1. The summed E-state index contributed by atoms with van der Waals surface area (Å²) in [5, 5.41) is 10.2. The van der Waals surface area contributed by atoms with Gasteiger partial charge < -0.3 is 14.8 Å². The fourth-order valence-corrected chi connectivity index (χ4v) is 2.98. The fraction of sp³-hybridized carbons (Fsp3) is 0.286. The third-order valence-corrected chi connectivity index (χ3v) is 4.28. The molecule has 0 unspecified atom stereocenters. The van der Waals surface area contributed by atoms with Gasteiger partial charge in [0.1, 0.15) is 5.82 Å². The van der Waals surface area contributed by atoms with Crippen LogP contribution in [-0.4, -0.2) is 34.3 Å². The van der Waals surface area contributed by atoms with Gasteiger partial charge >= 0.3 is 0 Å². The molecule has 0 aliphatic heterocycles. The first-order chi connectivity index (χ1) is 14.0. The molecule has 29 heavy (non-hydrogen) atoms. The number of nitrogens with zero attached hydrogens (tertiary/aromatic N) is 2. The zero-order valence-electron chi connectivity index (χ0n) is 16.6. The van der Waals surface area contributed by atoms with Gasteiger partial charge in [-0.2, -0.15) is 5.10 Å². The van der Waals surface area contributed by atoms with E-state index in [0.717, 1.165) is 17.8 Å². The highest BCUT2D eigenvalue weighted by Gasteiger charge is 2.17. The van der Waals surface area contributed by atoms with Crippen LogP contribution in [0.1, 0.15) is 36.5 Å². The molecule has 3 rings (SSSR count). The molecule has 1 heterocycles. The van der Waals surface area contributed by atoms with Crippen molar-refractivity contribution < 1.29 is 14.3 Å². The maximum absolute atomic E-state index is 12.8. The lowest BCUT2D eigenvalue weighted by Crippen LogP contribution is -2.13. The molecule has 2 aromatic carbocycles. The van der Waals surface area contributed by atoms with E-state index in [9.17, 15) is 4.79 Å². The minimum absolute atomic E-state index is 0.307. The molecule has 7 nitrogen and oxygen atoms in total. The highest BCUT2D eigenvalue weighted by atomic mass is 35.5. The van der Waals surface area contributed by atoms with Crippen molar-refractivity contribution in [1.29, 1.82) is 0 Å². The predicted octanol–water partition coefficient (Wildman–Crippen LogP) is 4.87. The highest BCUT2D eigenvalue weighted by Crippen LogP contribution is 2.37. The minimum Gasteiger partial charge on any atom is -0.490 e. The van der Waals surface area contributed by atoms with Gasteiger partial charge in [0.05, 0.1) is 18.2 Å². The Hall–Kier alpha value is -3.06. The molecule has 0 aliphatic rings. The third kappa shape index (κ3) is 5.06. The SMILES string of the molecule is CCCOc1c(Cl)cc(C(=O)Nc2cccc(-c3n[nH]c(C)n3)c2)cc1OCC. The Morgan fingerprint density at radius 2 is 2.03 bits per heavy atom. The van der Waals surface area contributed by atoms with Crippen LogP contribution >= 0.6 is 11.6 Å². The maximum Gasteiger partial charge on any atom is 0.255 e. The smallest absolute Gasteiger partial charge is 0.255 e. The number of ether oxygens (including phenoxy) is 2. The van der Waals surface area contributed by atoms with Crippen molar-refractivity contribution in [3.63, 3.8) is 0 Å². The highest BCUT2D eigenvalue weighted by molar-refractivity contribution is 6.32. The van der Waals surface area contributed by atoms with E-state index in [-0.39, 0.29) is 5.91 Å². The number of aromatic amines is 1. The summed E-state index contributed by atoms with van der Waals surface area (Å²) in [6, 6.07) is 10.5. The van der Waals surface area contributed by atoms with Crippen LogP contribution in [0.2, 0.25) is 5.02 Å². The van der Waals surface area contributed by atoms with Crippen molar-refractivity contribution in [3.05, 3.63) is 52.8 Å². The normalized spacial score (nSPS) is 10.6. The van der Waals surface area contributed by atoms with Crippen LogP contribution in [0.25, 0.3) is 11.4 Å². The molecule has 8 heteroatoms. The zero-order valence-corrected chi connectivity index (χ0v) is 17.3. The van der Waals surface area contributed by atoms with Gasteiger partial charge in [-0.3, -0.25) is 9.89 Å². The lowest BCUT2D eigenvalue weighted by atomic mass is 10.1. The summed E-state index contributed by atoms with van der Waals surface area (Å²) in [4.78, 5) is 17.1. The molecule has 2 N–H and O–H groups in total. The van der Waals surface area contributed by atoms with E-state index in [1.165, 1.54) is 0 Å². The Kier molecular flexibility index (Phi) is 6.72. The van der Waals surface area contributed by atoms with Gasteiger partial charge in [-0.25, -0.2) is 4.98 Å². The van der Waals surface area contributed by atoms with Crippen LogP contribution in [0.3, 0.4) is 0 Å². The molecule has 0 fully saturated rings. The second-order valence-electron chi connectivity index (χ2n) is 6.35. The van der Waals surface area contributed by atoms with E-state index in [2.05, 4.69) is 20.5 Å². The van der Waals surface area contributed by atoms with Crippen LogP contribution in [0.5, 0.6) is 11.5 Å². The first-order valence-electron chi connectivity index (χ1n) is 9.41. The van der Waals surface area contributed by atoms with Crippen molar-refractivity contribution in [2.24, 2.45) is 0 Å². The number of carbonyl (C=O) groups is 1. The lowest BCUT2D eigenvalue weighted by Gasteiger charge is -2.15. The fourth-order valence-electron chi connectivity index (χ4n) is 2.72. The Morgan fingerprint density at radius 3 is 2.72 bits per heavy atom. The van der Waals surface area contributed by atoms with Gasteiger partial charge in [-0.05, 0) is 44.5 Å². The number of aromatic nitrogens is 3. The summed E-state index contributed by atoms with van der Waals surface area (Å²) >= 11 is 6.36. The number of anilines is 1. The van der Waals surface area contributed by atoms with E-state index < -0.39 is 0 Å². The number of rotatable bonds is 8. The van der Waals surface area contributed by atoms with Crippen LogP contribution in [-0.2, 0) is 0 Å². The van der Waals surface area contributed by atoms with Crippen molar-refractivity contribution in [2.75, 3.05) is 18.5 Å². The first kappa shape index (κ1) is 20.7. The van der Waals surface area contributed by atoms with Crippen molar-refractivity contribution in [3.8, 4) is 22.9 Å². The Bertz CT molecular complexity index is 1000. The molecule has 0 radical (unpaired) electrons. The second-order valence-corrected chi connectivity index (χ2v) is 6.75. The summed E-state index contributed by atoms with van der Waals surface area (Å²) in [7, 11) is 0. The molecule has 0 spiro atoms. The van der Waals surface area contributed by atoms with Crippen LogP contribution in [0.4, 0.5) is 5.69 Å². The number of hydrogen-bond acceptors (Lipinski definition) is 5. The van der Waals surface area contributed by atoms with Crippen molar-refractivity contribution in [2.45, 2.75) is 27.2 Å². The Balaban J connectivity index is 1.83. The second kappa shape index (κ2) is 9.43. The quantitative estimate of drug-likeness (QED) is 0.548. The molecule has 0 saturated carbocycles. The number of halogens is 1. The molecular weight excluding hydrogens is 392 g/mol. The molecule has 1 amide bonds. The van der Waals surface area contributed by atoms with Crippen LogP contribution in [0.15, 0.2) is 36.4 Å². The van der Waals surface area contributed by atoms with E-state index >= 15 is 0 Å². The van der Waals surface area contributed by atoms with Gasteiger partial charge in [0.25, 0.3) is 5.91 Å². The Labute approximate surface area is 174 Å². The van der Waals surface area contributed by atoms with Gasteiger partial charge in [-0.1, -0.05) is 30.7 Å². The van der Waals surface area contributed by atoms with E-state index in [0.29, 0.717) is 46.8 Å². The molecule has 3 aromatic rings. The lowest BCUT2D eigenvalue weighted by molar-refractivity contribution is 0.102. The summed E-state index contributed by atoms with van der Waals surface area (Å²) < 4.78 is 11.3. The first-order valence-corrected chi connectivity index (χ1v) is 9.79. The van der Waals surface area contributed by atoms with Gasteiger partial charge in [-0.15, -0.1) is 0 Å². The summed E-state index contributed by atoms with van der Waals surface area (Å²) in [5.74, 6) is 1.88. The van der Waals surface area contributed by atoms with Crippen LogP contribution in [0, 0.1) is 6.92 Å². The number of aryl methyl sites for hydroxylation is 1. The van der Waals surface area contributed by atoms with Crippen molar-refractivity contribution in [1.82, 2.24) is 15.2 Å². The average Bonchev–Trinajstić information content (AvgIpc) is 3.14. The van der Waals surface area contributed by atoms with E-state index in [4.69, 9.17) is 21.1 Å². The summed E-state index contributed by atoms with van der Waals surface area (Å²) in [6.45, 7) is 6.64. The average molecular weight is 415 g/mol. The molecular formula is C21H23ClN4O3. The molecule has 0 bridgehead atoms. The predicted molar refractivity (Wildman–Crippen MR) is 113 cm³/mol. The number of carbonyl (C=O) groups excluding carboxylic acids is 1. The van der Waals surface area contributed by atoms with E-state index in [1.54, 1.807) is 18.2 Å². The number of benzene rings is 2. The third-order valence-electron chi connectivity index (χ3n) is 4.00. The largest absolute Gasteiger partial charge is 0.490 e. The molecule has 0 aliphatic carbocycles. The minimum atomic E-state index is -0.307. The van der Waals surface area contributed by atoms with E-state index in [1.807, 2.05) is 39.0 Å². The molecule has 0 atom stereocenters. The Morgan fingerprint density at radius 1 is 1.21 bits per heavy atom. The topological polar surface area (TPSA) is 89.1 Å². The van der Waals surface area contributed by atoms with Gasteiger partial charge in [0.15, 0.2) is 17.3 Å². The number of nitrogens with one attached hydrogen (secondary N) is 2. The van der Waals surface area contributed by atoms with Gasteiger partial charge in [0.2, 0.25) is 0 Å². The number of H-pyrrole nitrogens is 1. The summed E-state index contributed by atoms with van der Waals surface area (Å²) in [5.41, 5.74) is 1.79. The van der Waals surface area contributed by atoms with Gasteiger partial charge in [0, 0.05) is 16.8 Å². The number of hydrogen-bond donors (Lipinski definition) is 2.